The zero-order chi connectivity index (χ0) is 21.9. The zero-order valence-corrected chi connectivity index (χ0v) is 18.2. The summed E-state index contributed by atoms with van der Waals surface area (Å²) in [5.41, 5.74) is 3.37. The molecule has 1 amide bonds. The van der Waals surface area contributed by atoms with Gasteiger partial charge in [0.15, 0.2) is 5.76 Å². The van der Waals surface area contributed by atoms with Crippen LogP contribution in [0.4, 0.5) is 0 Å². The van der Waals surface area contributed by atoms with E-state index in [1.54, 1.807) is 0 Å². The fourth-order valence-corrected chi connectivity index (χ4v) is 4.75. The standard InChI is InChI=1S/C22H25N3O4S/c1-14(18-10-12-20(13-11-18)19-8-6-5-7-9-19)23-22(26)16(3)25-30(27,28)21-15(2)24-29-17(21)4/h5-14,16,25H,1-4H3,(H,23,26)/t14-,16+/m0/s1. The molecule has 0 aliphatic carbocycles. The molecule has 2 aromatic carbocycles. The van der Waals surface area contributed by atoms with E-state index in [1.807, 2.05) is 61.5 Å². The lowest BCUT2D eigenvalue weighted by atomic mass is 10.0. The van der Waals surface area contributed by atoms with Crippen molar-refractivity contribution in [1.82, 2.24) is 15.2 Å². The molecule has 7 nitrogen and oxygen atoms in total. The summed E-state index contributed by atoms with van der Waals surface area (Å²) in [7, 11) is -3.93. The van der Waals surface area contributed by atoms with Gasteiger partial charge in [0.05, 0.1) is 12.1 Å². The lowest BCUT2D eigenvalue weighted by Gasteiger charge is -2.19. The molecule has 1 heterocycles. The molecule has 2 N–H and O–H groups in total. The maximum Gasteiger partial charge on any atom is 0.246 e. The quantitative estimate of drug-likeness (QED) is 0.601. The number of aryl methyl sites for hydroxylation is 2. The van der Waals surface area contributed by atoms with E-state index in [1.165, 1.54) is 20.8 Å². The van der Waals surface area contributed by atoms with Crippen LogP contribution in [0.25, 0.3) is 11.1 Å². The van der Waals surface area contributed by atoms with Crippen LogP contribution < -0.4 is 10.0 Å². The summed E-state index contributed by atoms with van der Waals surface area (Å²) in [5, 5.41) is 6.50. The van der Waals surface area contributed by atoms with Crippen molar-refractivity contribution in [3.63, 3.8) is 0 Å². The normalized spacial score (nSPS) is 13.6. The second-order valence-corrected chi connectivity index (χ2v) is 8.87. The topological polar surface area (TPSA) is 101 Å². The van der Waals surface area contributed by atoms with Crippen molar-refractivity contribution < 1.29 is 17.7 Å². The number of benzene rings is 2. The SMILES string of the molecule is Cc1noc(C)c1S(=O)(=O)N[C@H](C)C(=O)N[C@@H](C)c1ccc(-c2ccccc2)cc1. The number of rotatable bonds is 7. The Morgan fingerprint density at radius 3 is 2.13 bits per heavy atom. The largest absolute Gasteiger partial charge is 0.360 e. The van der Waals surface area contributed by atoms with Gasteiger partial charge in [0.25, 0.3) is 0 Å². The van der Waals surface area contributed by atoms with Gasteiger partial charge in [-0.3, -0.25) is 4.79 Å². The average molecular weight is 428 g/mol. The van der Waals surface area contributed by atoms with Crippen LogP contribution in [0.2, 0.25) is 0 Å². The molecule has 3 rings (SSSR count). The third-order valence-electron chi connectivity index (χ3n) is 4.84. The Hall–Kier alpha value is -2.97. The summed E-state index contributed by atoms with van der Waals surface area (Å²) in [6, 6.07) is 16.7. The highest BCUT2D eigenvalue weighted by Crippen LogP contribution is 2.22. The van der Waals surface area contributed by atoms with E-state index in [0.29, 0.717) is 0 Å². The van der Waals surface area contributed by atoms with Crippen LogP contribution in [0, 0.1) is 13.8 Å². The number of hydrogen-bond acceptors (Lipinski definition) is 5. The van der Waals surface area contributed by atoms with Gasteiger partial charge in [-0.2, -0.15) is 4.72 Å². The minimum absolute atomic E-state index is 0.0355. The van der Waals surface area contributed by atoms with Crippen molar-refractivity contribution >= 4 is 15.9 Å². The number of carbonyl (C=O) groups excluding carboxylic acids is 1. The molecule has 8 heteroatoms. The Balaban J connectivity index is 1.65. The van der Waals surface area contributed by atoms with Gasteiger partial charge in [-0.05, 0) is 44.4 Å². The van der Waals surface area contributed by atoms with Crippen molar-refractivity contribution in [1.29, 1.82) is 0 Å². The molecule has 0 spiro atoms. The second-order valence-electron chi connectivity index (χ2n) is 7.21. The van der Waals surface area contributed by atoms with Gasteiger partial charge in [-0.1, -0.05) is 59.8 Å². The highest BCUT2D eigenvalue weighted by Gasteiger charge is 2.28. The van der Waals surface area contributed by atoms with Gasteiger partial charge in [-0.25, -0.2) is 8.42 Å². The van der Waals surface area contributed by atoms with Crippen LogP contribution in [-0.4, -0.2) is 25.5 Å². The van der Waals surface area contributed by atoms with Crippen LogP contribution in [0.5, 0.6) is 0 Å². The molecule has 2 atom stereocenters. The number of hydrogen-bond donors (Lipinski definition) is 2. The first-order valence-electron chi connectivity index (χ1n) is 9.60. The molecule has 0 fully saturated rings. The molecule has 0 aliphatic rings. The minimum atomic E-state index is -3.93. The first-order valence-corrected chi connectivity index (χ1v) is 11.1. The number of amides is 1. The molecule has 0 bridgehead atoms. The number of carbonyl (C=O) groups is 1. The molecule has 0 saturated carbocycles. The van der Waals surface area contributed by atoms with E-state index in [2.05, 4.69) is 15.2 Å². The lowest BCUT2D eigenvalue weighted by Crippen LogP contribution is -2.45. The van der Waals surface area contributed by atoms with Crippen LogP contribution in [-0.2, 0) is 14.8 Å². The highest BCUT2D eigenvalue weighted by molar-refractivity contribution is 7.89. The maximum atomic E-state index is 12.6. The third kappa shape index (κ3) is 4.77. The lowest BCUT2D eigenvalue weighted by molar-refractivity contribution is -0.123. The van der Waals surface area contributed by atoms with Crippen LogP contribution >= 0.6 is 0 Å². The van der Waals surface area contributed by atoms with Crippen molar-refractivity contribution in [2.75, 3.05) is 0 Å². The van der Waals surface area contributed by atoms with Crippen LogP contribution in [0.15, 0.2) is 64.0 Å². The van der Waals surface area contributed by atoms with Gasteiger partial charge in [0.2, 0.25) is 15.9 Å². The smallest absolute Gasteiger partial charge is 0.246 e. The number of nitrogens with zero attached hydrogens (tertiary/aromatic N) is 1. The summed E-state index contributed by atoms with van der Waals surface area (Å²) in [6.45, 7) is 6.40. The highest BCUT2D eigenvalue weighted by atomic mass is 32.2. The molecule has 158 valence electrons. The van der Waals surface area contributed by atoms with Crippen LogP contribution in [0.3, 0.4) is 0 Å². The van der Waals surface area contributed by atoms with E-state index >= 15 is 0 Å². The molecular formula is C22H25N3O4S. The summed E-state index contributed by atoms with van der Waals surface area (Å²) in [4.78, 5) is 12.5. The van der Waals surface area contributed by atoms with Crippen molar-refractivity contribution in [2.24, 2.45) is 0 Å². The van der Waals surface area contributed by atoms with Crippen molar-refractivity contribution in [3.8, 4) is 11.1 Å². The van der Waals surface area contributed by atoms with Crippen molar-refractivity contribution in [3.05, 3.63) is 71.6 Å². The molecule has 0 saturated heterocycles. The molecule has 0 aliphatic heterocycles. The van der Waals surface area contributed by atoms with E-state index in [4.69, 9.17) is 4.52 Å². The molecule has 0 radical (unpaired) electrons. The van der Waals surface area contributed by atoms with E-state index in [9.17, 15) is 13.2 Å². The summed E-state index contributed by atoms with van der Waals surface area (Å²) < 4.78 is 32.5. The Labute approximate surface area is 176 Å². The second kappa shape index (κ2) is 8.81. The molecule has 1 aromatic heterocycles. The fraction of sp³-hybridized carbons (Fsp3) is 0.273. The van der Waals surface area contributed by atoms with E-state index in [0.717, 1.165) is 16.7 Å². The Morgan fingerprint density at radius 2 is 1.57 bits per heavy atom. The molecule has 3 aromatic rings. The van der Waals surface area contributed by atoms with E-state index < -0.39 is 22.0 Å². The molecule has 0 unspecified atom stereocenters. The summed E-state index contributed by atoms with van der Waals surface area (Å²) >= 11 is 0. The first-order chi connectivity index (χ1) is 14.2. The number of nitrogens with one attached hydrogen (secondary N) is 2. The summed E-state index contributed by atoms with van der Waals surface area (Å²) in [6.07, 6.45) is 0. The Morgan fingerprint density at radius 1 is 0.967 bits per heavy atom. The minimum Gasteiger partial charge on any atom is -0.360 e. The Kier molecular flexibility index (Phi) is 6.38. The predicted octanol–water partition coefficient (Wildman–Crippen LogP) is 3.50. The average Bonchev–Trinajstić information content (AvgIpc) is 3.07. The fourth-order valence-electron chi connectivity index (χ4n) is 3.22. The van der Waals surface area contributed by atoms with E-state index in [-0.39, 0.29) is 22.4 Å². The third-order valence-corrected chi connectivity index (χ3v) is 6.62. The first kappa shape index (κ1) is 21.7. The van der Waals surface area contributed by atoms with Crippen LogP contribution in [0.1, 0.15) is 36.9 Å². The van der Waals surface area contributed by atoms with Gasteiger partial charge < -0.3 is 9.84 Å². The number of sulfonamides is 1. The maximum absolute atomic E-state index is 12.6. The Bertz CT molecular complexity index is 1100. The monoisotopic (exact) mass is 427 g/mol. The summed E-state index contributed by atoms with van der Waals surface area (Å²) in [5.74, 6) is -0.246. The van der Waals surface area contributed by atoms with Gasteiger partial charge in [-0.15, -0.1) is 0 Å². The molecule has 30 heavy (non-hydrogen) atoms. The number of aromatic nitrogens is 1. The van der Waals surface area contributed by atoms with Crippen molar-refractivity contribution in [2.45, 2.75) is 44.7 Å². The molecular weight excluding hydrogens is 402 g/mol. The van der Waals surface area contributed by atoms with Gasteiger partial charge in [0.1, 0.15) is 10.6 Å². The van der Waals surface area contributed by atoms with Gasteiger partial charge in [0, 0.05) is 0 Å². The predicted molar refractivity (Wildman–Crippen MR) is 114 cm³/mol. The zero-order valence-electron chi connectivity index (χ0n) is 17.3. The van der Waals surface area contributed by atoms with Gasteiger partial charge >= 0.3 is 0 Å².